The van der Waals surface area contributed by atoms with Crippen molar-refractivity contribution < 1.29 is 23.4 Å². The monoisotopic (exact) mass is 563 g/mol. The van der Waals surface area contributed by atoms with Crippen molar-refractivity contribution in [3.63, 3.8) is 0 Å². The third-order valence-corrected chi connectivity index (χ3v) is 9.18. The zero-order chi connectivity index (χ0) is 27.3. The molecule has 1 aliphatic heterocycles. The van der Waals surface area contributed by atoms with E-state index in [4.69, 9.17) is 25.8 Å². The summed E-state index contributed by atoms with van der Waals surface area (Å²) in [5.41, 5.74) is 5.51. The van der Waals surface area contributed by atoms with Gasteiger partial charge >= 0.3 is 0 Å². The van der Waals surface area contributed by atoms with Crippen LogP contribution in [0, 0.1) is 5.82 Å². The highest BCUT2D eigenvalue weighted by molar-refractivity contribution is 7.17. The molecule has 0 saturated heterocycles. The number of rotatable bonds is 5. The van der Waals surface area contributed by atoms with Crippen molar-refractivity contribution in [2.24, 2.45) is 0 Å². The maximum Gasteiger partial charge on any atom is 0.264 e. The Labute approximate surface area is 235 Å². The number of methoxy groups -OCH3 is 3. The van der Waals surface area contributed by atoms with E-state index in [1.165, 1.54) is 23.0 Å². The number of hydrogen-bond donors (Lipinski definition) is 0. The Balaban J connectivity index is 1.47. The molecule has 8 heteroatoms. The number of fused-ring (bicyclic) bond motifs is 4. The quantitative estimate of drug-likeness (QED) is 0.259. The van der Waals surface area contributed by atoms with Crippen molar-refractivity contribution in [1.29, 1.82) is 0 Å². The molecular weight excluding hydrogens is 537 g/mol. The van der Waals surface area contributed by atoms with E-state index in [0.29, 0.717) is 29.3 Å². The summed E-state index contributed by atoms with van der Waals surface area (Å²) in [6, 6.07) is 15.7. The van der Waals surface area contributed by atoms with Gasteiger partial charge in [0.05, 0.1) is 32.2 Å². The number of aryl methyl sites for hydroxylation is 2. The van der Waals surface area contributed by atoms with Crippen molar-refractivity contribution >= 4 is 28.8 Å². The van der Waals surface area contributed by atoms with Gasteiger partial charge in [-0.05, 0) is 89.5 Å². The number of carbonyl (C=O) groups is 1. The summed E-state index contributed by atoms with van der Waals surface area (Å²) in [5, 5.41) is 0.270. The van der Waals surface area contributed by atoms with Crippen LogP contribution in [0.2, 0.25) is 5.02 Å². The minimum atomic E-state index is -0.721. The maximum absolute atomic E-state index is 15.4. The fourth-order valence-corrected chi connectivity index (χ4v) is 7.20. The van der Waals surface area contributed by atoms with Gasteiger partial charge in [-0.15, -0.1) is 11.3 Å². The van der Waals surface area contributed by atoms with E-state index in [1.807, 2.05) is 30.3 Å². The highest BCUT2D eigenvalue weighted by Crippen LogP contribution is 2.46. The van der Waals surface area contributed by atoms with E-state index in [-0.39, 0.29) is 16.5 Å². The Morgan fingerprint density at radius 3 is 2.44 bits per heavy atom. The van der Waals surface area contributed by atoms with Gasteiger partial charge in [0, 0.05) is 22.0 Å². The summed E-state index contributed by atoms with van der Waals surface area (Å²) in [6.07, 6.45) is 2.36. The van der Waals surface area contributed by atoms with Gasteiger partial charge in [0.1, 0.15) is 11.6 Å². The minimum Gasteiger partial charge on any atom is -0.497 e. The van der Waals surface area contributed by atoms with Gasteiger partial charge in [0.2, 0.25) is 0 Å². The van der Waals surface area contributed by atoms with E-state index < -0.39 is 11.9 Å². The SMILES string of the molecule is COc1ccc2c(c1)-c1sc(C(=O)N3CCc4cc(OC)c(OC)cc4C3c3c(F)cccc3Cl)cc1CC2. The minimum absolute atomic E-state index is 0.149. The third kappa shape index (κ3) is 4.34. The smallest absolute Gasteiger partial charge is 0.264 e. The van der Waals surface area contributed by atoms with E-state index in [1.54, 1.807) is 38.4 Å². The van der Waals surface area contributed by atoms with Gasteiger partial charge in [0.25, 0.3) is 5.91 Å². The highest BCUT2D eigenvalue weighted by Gasteiger charge is 2.37. The Kier molecular flexibility index (Phi) is 6.73. The Morgan fingerprint density at radius 2 is 1.69 bits per heavy atom. The molecule has 5 nitrogen and oxygen atoms in total. The summed E-state index contributed by atoms with van der Waals surface area (Å²) in [4.78, 5) is 17.7. The summed E-state index contributed by atoms with van der Waals surface area (Å²) in [6.45, 7) is 0.406. The second kappa shape index (κ2) is 10.2. The summed E-state index contributed by atoms with van der Waals surface area (Å²) >= 11 is 8.08. The van der Waals surface area contributed by atoms with Gasteiger partial charge in [-0.1, -0.05) is 23.7 Å². The maximum atomic E-state index is 15.4. The molecule has 0 saturated carbocycles. The summed E-state index contributed by atoms with van der Waals surface area (Å²) in [7, 11) is 4.80. The van der Waals surface area contributed by atoms with Crippen LogP contribution in [-0.2, 0) is 19.3 Å². The average Bonchev–Trinajstić information content (AvgIpc) is 3.40. The molecule has 6 rings (SSSR count). The van der Waals surface area contributed by atoms with Crippen molar-refractivity contribution in [2.75, 3.05) is 27.9 Å². The van der Waals surface area contributed by atoms with Crippen molar-refractivity contribution in [2.45, 2.75) is 25.3 Å². The molecule has 0 N–H and O–H groups in total. The topological polar surface area (TPSA) is 48.0 Å². The zero-order valence-electron chi connectivity index (χ0n) is 21.8. The first-order chi connectivity index (χ1) is 18.9. The Bertz CT molecular complexity index is 1580. The van der Waals surface area contributed by atoms with Crippen molar-refractivity contribution in [3.05, 3.63) is 98.1 Å². The Hall–Kier alpha value is -3.55. The molecule has 1 unspecified atom stereocenters. The van der Waals surface area contributed by atoms with Crippen LogP contribution in [0.3, 0.4) is 0 Å². The highest BCUT2D eigenvalue weighted by atomic mass is 35.5. The number of nitrogens with zero attached hydrogens (tertiary/aromatic N) is 1. The number of benzene rings is 3. The lowest BCUT2D eigenvalue weighted by molar-refractivity contribution is 0.0696. The lowest BCUT2D eigenvalue weighted by Crippen LogP contribution is -2.41. The summed E-state index contributed by atoms with van der Waals surface area (Å²) in [5.74, 6) is 1.28. The molecule has 0 bridgehead atoms. The van der Waals surface area contributed by atoms with Crippen molar-refractivity contribution in [1.82, 2.24) is 4.90 Å². The van der Waals surface area contributed by atoms with Crippen LogP contribution < -0.4 is 14.2 Å². The van der Waals surface area contributed by atoms with E-state index in [0.717, 1.165) is 45.7 Å². The zero-order valence-corrected chi connectivity index (χ0v) is 23.4. The molecule has 0 radical (unpaired) electrons. The van der Waals surface area contributed by atoms with Crippen LogP contribution in [0.25, 0.3) is 10.4 Å². The third-order valence-electron chi connectivity index (χ3n) is 7.65. The molecule has 1 aliphatic carbocycles. The van der Waals surface area contributed by atoms with Crippen LogP contribution in [0.4, 0.5) is 4.39 Å². The molecule has 3 aromatic carbocycles. The lowest BCUT2D eigenvalue weighted by Gasteiger charge is -2.38. The number of hydrogen-bond acceptors (Lipinski definition) is 5. The van der Waals surface area contributed by atoms with Crippen molar-refractivity contribution in [3.8, 4) is 27.7 Å². The van der Waals surface area contributed by atoms with Gasteiger partial charge in [-0.25, -0.2) is 4.39 Å². The van der Waals surface area contributed by atoms with Gasteiger partial charge in [-0.2, -0.15) is 0 Å². The fourth-order valence-electron chi connectivity index (χ4n) is 5.72. The molecule has 1 atom stereocenters. The molecular formula is C31H27ClFNO4S. The number of thiophene rings is 1. The molecule has 2 heterocycles. The normalized spacial score (nSPS) is 15.7. The largest absolute Gasteiger partial charge is 0.497 e. The van der Waals surface area contributed by atoms with E-state index in [2.05, 4.69) is 6.07 Å². The predicted octanol–water partition coefficient (Wildman–Crippen LogP) is 7.12. The summed E-state index contributed by atoms with van der Waals surface area (Å²) < 4.78 is 32.0. The molecule has 1 amide bonds. The van der Waals surface area contributed by atoms with Crippen LogP contribution in [0.5, 0.6) is 17.2 Å². The van der Waals surface area contributed by atoms with Crippen LogP contribution in [-0.4, -0.2) is 38.7 Å². The molecule has 2 aliphatic rings. The standard InChI is InChI=1S/C31H27ClFNO4S/c1-36-20-10-9-17-7-8-19-14-27(39-30(19)22(17)15-20)31(35)34-12-11-18-13-25(37-2)26(38-3)16-21(18)29(34)28-23(32)5-4-6-24(28)33/h4-6,9-10,13-16,29H,7-8,11-12H2,1-3H3. The van der Waals surface area contributed by atoms with Crippen LogP contribution >= 0.6 is 22.9 Å². The van der Waals surface area contributed by atoms with Crippen LogP contribution in [0.15, 0.2) is 54.6 Å². The molecule has 39 heavy (non-hydrogen) atoms. The lowest BCUT2D eigenvalue weighted by atomic mass is 9.87. The molecule has 1 aromatic heterocycles. The first-order valence-electron chi connectivity index (χ1n) is 12.7. The Morgan fingerprint density at radius 1 is 0.923 bits per heavy atom. The first kappa shape index (κ1) is 25.7. The number of amides is 1. The van der Waals surface area contributed by atoms with E-state index in [9.17, 15) is 4.79 Å². The van der Waals surface area contributed by atoms with Gasteiger partial charge in [-0.3, -0.25) is 4.79 Å². The van der Waals surface area contributed by atoms with Gasteiger partial charge in [0.15, 0.2) is 11.5 Å². The fraction of sp³-hybridized carbons (Fsp3) is 0.258. The first-order valence-corrected chi connectivity index (χ1v) is 13.9. The second-order valence-electron chi connectivity index (χ2n) is 9.68. The van der Waals surface area contributed by atoms with E-state index >= 15 is 4.39 Å². The molecule has 4 aromatic rings. The number of ether oxygens (including phenoxy) is 3. The number of halogens is 2. The molecule has 0 fully saturated rings. The predicted molar refractivity (Wildman–Crippen MR) is 151 cm³/mol. The number of carbonyl (C=O) groups excluding carboxylic acids is 1. The van der Waals surface area contributed by atoms with Crippen LogP contribution in [0.1, 0.15) is 43.5 Å². The molecule has 200 valence electrons. The average molecular weight is 564 g/mol. The van der Waals surface area contributed by atoms with Gasteiger partial charge < -0.3 is 19.1 Å². The molecule has 0 spiro atoms. The second-order valence-corrected chi connectivity index (χ2v) is 11.1.